The Morgan fingerprint density at radius 1 is 1.43 bits per heavy atom. The number of nitrogens with one attached hydrogen (secondary N) is 1. The van der Waals surface area contributed by atoms with Crippen LogP contribution in [0.15, 0.2) is 18.2 Å². The van der Waals surface area contributed by atoms with E-state index in [9.17, 15) is 0 Å². The highest BCUT2D eigenvalue weighted by atomic mass is 16.5. The molecule has 1 aromatic carbocycles. The lowest BCUT2D eigenvalue weighted by molar-refractivity contribution is 0.412. The van der Waals surface area contributed by atoms with Gasteiger partial charge in [0.2, 0.25) is 0 Å². The van der Waals surface area contributed by atoms with E-state index in [1.165, 1.54) is 0 Å². The lowest BCUT2D eigenvalue weighted by Crippen LogP contribution is -2.08. The van der Waals surface area contributed by atoms with E-state index in [1.807, 2.05) is 19.1 Å². The van der Waals surface area contributed by atoms with Gasteiger partial charge in [0.25, 0.3) is 0 Å². The molecule has 1 rings (SSSR count). The van der Waals surface area contributed by atoms with E-state index in [-0.39, 0.29) is 0 Å². The standard InChI is InChI=1S/C11H18N2O/c1-9-8-10(13-7-3-6-12)4-5-11(9)14-2/h4-5,8,13H,3,6-7,12H2,1-2H3. The first-order chi connectivity index (χ1) is 6.77. The summed E-state index contributed by atoms with van der Waals surface area (Å²) < 4.78 is 5.18. The van der Waals surface area contributed by atoms with Crippen LogP contribution in [0.2, 0.25) is 0 Å². The summed E-state index contributed by atoms with van der Waals surface area (Å²) in [5.41, 5.74) is 7.67. The summed E-state index contributed by atoms with van der Waals surface area (Å²) in [6.45, 7) is 3.68. The Morgan fingerprint density at radius 2 is 2.21 bits per heavy atom. The molecule has 78 valence electrons. The fourth-order valence-corrected chi connectivity index (χ4v) is 1.32. The van der Waals surface area contributed by atoms with Crippen LogP contribution in [0.3, 0.4) is 0 Å². The van der Waals surface area contributed by atoms with Gasteiger partial charge in [-0.1, -0.05) is 0 Å². The summed E-state index contributed by atoms with van der Waals surface area (Å²) in [5.74, 6) is 0.925. The second kappa shape index (κ2) is 5.50. The Labute approximate surface area is 85.3 Å². The van der Waals surface area contributed by atoms with Gasteiger partial charge >= 0.3 is 0 Å². The van der Waals surface area contributed by atoms with Crippen LogP contribution < -0.4 is 15.8 Å². The quantitative estimate of drug-likeness (QED) is 0.702. The molecule has 0 bridgehead atoms. The second-order valence-electron chi connectivity index (χ2n) is 3.25. The van der Waals surface area contributed by atoms with E-state index in [0.29, 0.717) is 0 Å². The number of aryl methyl sites for hydroxylation is 1. The average molecular weight is 194 g/mol. The minimum absolute atomic E-state index is 0.724. The molecule has 0 aromatic heterocycles. The van der Waals surface area contributed by atoms with Crippen molar-refractivity contribution in [2.75, 3.05) is 25.5 Å². The first-order valence-corrected chi connectivity index (χ1v) is 4.86. The molecule has 0 radical (unpaired) electrons. The molecule has 3 heteroatoms. The summed E-state index contributed by atoms with van der Waals surface area (Å²) >= 11 is 0. The minimum atomic E-state index is 0.724. The number of methoxy groups -OCH3 is 1. The van der Waals surface area contributed by atoms with Gasteiger partial charge < -0.3 is 15.8 Å². The highest BCUT2D eigenvalue weighted by Crippen LogP contribution is 2.21. The van der Waals surface area contributed by atoms with E-state index < -0.39 is 0 Å². The third-order valence-electron chi connectivity index (χ3n) is 2.10. The van der Waals surface area contributed by atoms with Gasteiger partial charge in [0.1, 0.15) is 5.75 Å². The van der Waals surface area contributed by atoms with Crippen LogP contribution in [0.25, 0.3) is 0 Å². The predicted molar refractivity (Wildman–Crippen MR) is 59.9 cm³/mol. The Kier molecular flexibility index (Phi) is 4.26. The van der Waals surface area contributed by atoms with E-state index in [4.69, 9.17) is 10.5 Å². The van der Waals surface area contributed by atoms with Gasteiger partial charge in [-0.3, -0.25) is 0 Å². The number of benzene rings is 1. The molecule has 1 aromatic rings. The normalized spacial score (nSPS) is 9.93. The molecule has 0 unspecified atom stereocenters. The average Bonchev–Trinajstić information content (AvgIpc) is 2.18. The van der Waals surface area contributed by atoms with Crippen molar-refractivity contribution in [3.05, 3.63) is 23.8 Å². The van der Waals surface area contributed by atoms with Gasteiger partial charge in [0.15, 0.2) is 0 Å². The molecule has 3 nitrogen and oxygen atoms in total. The van der Waals surface area contributed by atoms with Crippen molar-refractivity contribution >= 4 is 5.69 Å². The molecular weight excluding hydrogens is 176 g/mol. The van der Waals surface area contributed by atoms with Crippen molar-refractivity contribution in [2.24, 2.45) is 5.73 Å². The lowest BCUT2D eigenvalue weighted by Gasteiger charge is -2.09. The van der Waals surface area contributed by atoms with Crippen molar-refractivity contribution in [3.63, 3.8) is 0 Å². The lowest BCUT2D eigenvalue weighted by atomic mass is 10.2. The molecule has 0 saturated heterocycles. The Hall–Kier alpha value is -1.22. The van der Waals surface area contributed by atoms with E-state index in [2.05, 4.69) is 11.4 Å². The fraction of sp³-hybridized carbons (Fsp3) is 0.455. The zero-order valence-electron chi connectivity index (χ0n) is 8.84. The summed E-state index contributed by atoms with van der Waals surface area (Å²) in [7, 11) is 1.68. The maximum absolute atomic E-state index is 5.41. The summed E-state index contributed by atoms with van der Waals surface area (Å²) in [6, 6.07) is 6.07. The van der Waals surface area contributed by atoms with Gasteiger partial charge in [0, 0.05) is 12.2 Å². The smallest absolute Gasteiger partial charge is 0.121 e. The van der Waals surface area contributed by atoms with Crippen LogP contribution in [-0.4, -0.2) is 20.2 Å². The first-order valence-electron chi connectivity index (χ1n) is 4.86. The van der Waals surface area contributed by atoms with Crippen LogP contribution in [-0.2, 0) is 0 Å². The molecule has 0 fully saturated rings. The highest BCUT2D eigenvalue weighted by Gasteiger charge is 1.98. The summed E-state index contributed by atoms with van der Waals surface area (Å²) in [4.78, 5) is 0. The van der Waals surface area contributed by atoms with Gasteiger partial charge in [-0.05, 0) is 43.7 Å². The number of ether oxygens (including phenoxy) is 1. The van der Waals surface area contributed by atoms with Crippen LogP contribution in [0.4, 0.5) is 5.69 Å². The fourth-order valence-electron chi connectivity index (χ4n) is 1.32. The maximum Gasteiger partial charge on any atom is 0.121 e. The van der Waals surface area contributed by atoms with Crippen molar-refractivity contribution in [3.8, 4) is 5.75 Å². The predicted octanol–water partition coefficient (Wildman–Crippen LogP) is 1.76. The molecular formula is C11H18N2O. The zero-order valence-corrected chi connectivity index (χ0v) is 8.84. The topological polar surface area (TPSA) is 47.3 Å². The third kappa shape index (κ3) is 2.92. The second-order valence-corrected chi connectivity index (χ2v) is 3.25. The zero-order chi connectivity index (χ0) is 10.4. The highest BCUT2D eigenvalue weighted by molar-refractivity contribution is 5.50. The SMILES string of the molecule is COc1ccc(NCCCN)cc1C. The molecule has 0 atom stereocenters. The summed E-state index contributed by atoms with van der Waals surface area (Å²) in [6.07, 6.45) is 0.991. The molecule has 0 heterocycles. The number of hydrogen-bond donors (Lipinski definition) is 2. The van der Waals surface area contributed by atoms with Crippen LogP contribution in [0.5, 0.6) is 5.75 Å². The molecule has 0 aliphatic carbocycles. The molecule has 0 aliphatic rings. The molecule has 3 N–H and O–H groups in total. The maximum atomic E-state index is 5.41. The molecule has 0 amide bonds. The monoisotopic (exact) mass is 194 g/mol. The van der Waals surface area contributed by atoms with Crippen LogP contribution in [0.1, 0.15) is 12.0 Å². The van der Waals surface area contributed by atoms with Crippen LogP contribution in [0, 0.1) is 6.92 Å². The largest absolute Gasteiger partial charge is 0.496 e. The van der Waals surface area contributed by atoms with Gasteiger partial charge in [-0.2, -0.15) is 0 Å². The van der Waals surface area contributed by atoms with Gasteiger partial charge in [-0.15, -0.1) is 0 Å². The third-order valence-corrected chi connectivity index (χ3v) is 2.10. The number of nitrogens with two attached hydrogens (primary N) is 1. The minimum Gasteiger partial charge on any atom is -0.496 e. The Bertz CT molecular complexity index is 287. The molecule has 0 saturated carbocycles. The van der Waals surface area contributed by atoms with E-state index in [0.717, 1.165) is 36.5 Å². The van der Waals surface area contributed by atoms with Crippen LogP contribution >= 0.6 is 0 Å². The van der Waals surface area contributed by atoms with Crippen molar-refractivity contribution in [2.45, 2.75) is 13.3 Å². The molecule has 14 heavy (non-hydrogen) atoms. The van der Waals surface area contributed by atoms with E-state index in [1.54, 1.807) is 7.11 Å². The molecule has 0 spiro atoms. The number of anilines is 1. The number of hydrogen-bond acceptors (Lipinski definition) is 3. The van der Waals surface area contributed by atoms with Crippen molar-refractivity contribution in [1.29, 1.82) is 0 Å². The Morgan fingerprint density at radius 3 is 2.79 bits per heavy atom. The van der Waals surface area contributed by atoms with E-state index >= 15 is 0 Å². The van der Waals surface area contributed by atoms with Crippen molar-refractivity contribution in [1.82, 2.24) is 0 Å². The van der Waals surface area contributed by atoms with Gasteiger partial charge in [0.05, 0.1) is 7.11 Å². The molecule has 0 aliphatic heterocycles. The van der Waals surface area contributed by atoms with Crippen molar-refractivity contribution < 1.29 is 4.74 Å². The Balaban J connectivity index is 2.57. The first kappa shape index (κ1) is 10.9. The van der Waals surface area contributed by atoms with Gasteiger partial charge in [-0.25, -0.2) is 0 Å². The number of rotatable bonds is 5. The summed E-state index contributed by atoms with van der Waals surface area (Å²) in [5, 5.41) is 3.30.